The van der Waals surface area contributed by atoms with E-state index in [0.717, 1.165) is 37.2 Å². The summed E-state index contributed by atoms with van der Waals surface area (Å²) in [6, 6.07) is 16.0. The molecule has 1 N–H and O–H groups in total. The highest BCUT2D eigenvalue weighted by Crippen LogP contribution is 2.32. The van der Waals surface area contributed by atoms with Crippen molar-refractivity contribution in [3.05, 3.63) is 72.6 Å². The fraction of sp³-hybridized carbons (Fsp3) is 0.150. The zero-order chi connectivity index (χ0) is 19.3. The topological polar surface area (TPSA) is 64.7 Å². The number of benzene rings is 2. The molecule has 0 unspecified atom stereocenters. The zero-order valence-electron chi connectivity index (χ0n) is 14.7. The minimum atomic E-state index is -0.0615. The molecule has 140 valence electrons. The molecule has 0 aliphatic carbocycles. The van der Waals surface area contributed by atoms with Gasteiger partial charge in [-0.2, -0.15) is 0 Å². The molecule has 0 saturated heterocycles. The second-order valence-corrected chi connectivity index (χ2v) is 8.81. The summed E-state index contributed by atoms with van der Waals surface area (Å²) in [5, 5.41) is 3.30. The molecule has 28 heavy (non-hydrogen) atoms. The Hall–Kier alpha value is -2.20. The van der Waals surface area contributed by atoms with E-state index in [2.05, 4.69) is 49.9 Å². The number of imidazole rings is 1. The highest BCUT2D eigenvalue weighted by molar-refractivity contribution is 14.1. The summed E-state index contributed by atoms with van der Waals surface area (Å²) < 4.78 is 5.63. The predicted octanol–water partition coefficient (Wildman–Crippen LogP) is 4.05. The van der Waals surface area contributed by atoms with E-state index in [0.29, 0.717) is 24.7 Å². The highest BCUT2D eigenvalue weighted by Gasteiger charge is 2.28. The van der Waals surface area contributed by atoms with E-state index in [9.17, 15) is 4.79 Å². The van der Waals surface area contributed by atoms with Crippen LogP contribution in [-0.2, 0) is 13.1 Å². The second-order valence-electron chi connectivity index (χ2n) is 6.65. The molecule has 0 radical (unpaired) electrons. The fourth-order valence-corrected chi connectivity index (χ4v) is 4.37. The van der Waals surface area contributed by atoms with Crippen LogP contribution in [0, 0.1) is 3.57 Å². The summed E-state index contributed by atoms with van der Waals surface area (Å²) in [6.45, 7) is 1.82. The molecule has 5 rings (SSSR count). The standard InChI is InChI=1S/C20H15BrIN5O/c21-14-6-4-13(5-7-14)17-24-16-18-23-8-9-26(18)20(28)27(19(16)25-17)11-12-2-1-3-15(22)10-12/h1-7,10,23H,8-9,11H2. The Morgan fingerprint density at radius 3 is 2.75 bits per heavy atom. The van der Waals surface area contributed by atoms with Crippen LogP contribution in [0.1, 0.15) is 5.56 Å². The van der Waals surface area contributed by atoms with Gasteiger partial charge in [-0.3, -0.25) is 9.13 Å². The molecular formula is C20H15BrIN5O. The number of anilines is 1. The molecule has 0 amide bonds. The first-order valence-electron chi connectivity index (χ1n) is 8.85. The van der Waals surface area contributed by atoms with Gasteiger partial charge in [0.05, 0.1) is 6.54 Å². The summed E-state index contributed by atoms with van der Waals surface area (Å²) in [4.78, 5) is 22.7. The number of hydrogen-bond donors (Lipinski definition) is 1. The monoisotopic (exact) mass is 547 g/mol. The molecule has 2 aromatic carbocycles. The molecule has 3 heterocycles. The van der Waals surface area contributed by atoms with Crippen molar-refractivity contribution in [3.8, 4) is 22.9 Å². The van der Waals surface area contributed by atoms with E-state index in [-0.39, 0.29) is 5.69 Å². The fourth-order valence-electron chi connectivity index (χ4n) is 3.50. The Morgan fingerprint density at radius 1 is 1.14 bits per heavy atom. The first kappa shape index (κ1) is 17.9. The molecule has 0 spiro atoms. The van der Waals surface area contributed by atoms with Gasteiger partial charge in [0.1, 0.15) is 11.5 Å². The Morgan fingerprint density at radius 2 is 1.96 bits per heavy atom. The quantitative estimate of drug-likeness (QED) is 0.393. The number of nitrogens with one attached hydrogen (secondary N) is 1. The maximum Gasteiger partial charge on any atom is 0.331 e. The van der Waals surface area contributed by atoms with Crippen molar-refractivity contribution in [2.75, 3.05) is 11.9 Å². The lowest BCUT2D eigenvalue weighted by Gasteiger charge is -2.14. The number of rotatable bonds is 3. The van der Waals surface area contributed by atoms with Crippen molar-refractivity contribution in [1.82, 2.24) is 19.1 Å². The molecule has 0 fully saturated rings. The number of hydrogen-bond acceptors (Lipinski definition) is 4. The van der Waals surface area contributed by atoms with Crippen molar-refractivity contribution in [2.45, 2.75) is 13.1 Å². The molecular weight excluding hydrogens is 533 g/mol. The molecule has 6 nitrogen and oxygen atoms in total. The Balaban J connectivity index is 1.71. The van der Waals surface area contributed by atoms with Crippen LogP contribution in [0.2, 0.25) is 0 Å². The van der Waals surface area contributed by atoms with Crippen LogP contribution >= 0.6 is 38.5 Å². The van der Waals surface area contributed by atoms with E-state index in [4.69, 9.17) is 9.97 Å². The smallest absolute Gasteiger partial charge is 0.331 e. The zero-order valence-corrected chi connectivity index (χ0v) is 18.4. The number of fused-ring (bicyclic) bond motifs is 3. The van der Waals surface area contributed by atoms with Crippen molar-refractivity contribution in [1.29, 1.82) is 0 Å². The summed E-state index contributed by atoms with van der Waals surface area (Å²) in [5.74, 6) is 2.00. The third-order valence-corrected chi connectivity index (χ3v) is 6.01. The number of aromatic nitrogens is 4. The van der Waals surface area contributed by atoms with Crippen molar-refractivity contribution >= 4 is 44.3 Å². The summed E-state index contributed by atoms with van der Waals surface area (Å²) >= 11 is 5.74. The third kappa shape index (κ3) is 3.04. The van der Waals surface area contributed by atoms with Gasteiger partial charge in [-0.05, 0) is 52.4 Å². The van der Waals surface area contributed by atoms with Crippen LogP contribution in [0.5, 0.6) is 0 Å². The van der Waals surface area contributed by atoms with Crippen LogP contribution in [0.4, 0.5) is 5.82 Å². The summed E-state index contributed by atoms with van der Waals surface area (Å²) in [5.41, 5.74) is 2.66. The normalized spacial score (nSPS) is 12.9. The molecule has 0 bridgehead atoms. The lowest BCUT2D eigenvalue weighted by Crippen LogP contribution is -2.32. The molecule has 0 atom stereocenters. The lowest BCUT2D eigenvalue weighted by atomic mass is 10.2. The van der Waals surface area contributed by atoms with E-state index >= 15 is 0 Å². The second kappa shape index (κ2) is 7.00. The van der Waals surface area contributed by atoms with Gasteiger partial charge < -0.3 is 5.32 Å². The molecule has 0 saturated carbocycles. The van der Waals surface area contributed by atoms with Crippen molar-refractivity contribution < 1.29 is 0 Å². The van der Waals surface area contributed by atoms with Gasteiger partial charge in [-0.1, -0.05) is 40.2 Å². The summed E-state index contributed by atoms with van der Waals surface area (Å²) in [6.07, 6.45) is 0. The van der Waals surface area contributed by atoms with Gasteiger partial charge in [-0.25, -0.2) is 14.8 Å². The molecule has 3 aliphatic heterocycles. The minimum Gasteiger partial charge on any atom is -0.368 e. The van der Waals surface area contributed by atoms with Gasteiger partial charge in [-0.15, -0.1) is 0 Å². The first-order chi connectivity index (χ1) is 13.6. The maximum atomic E-state index is 13.2. The third-order valence-electron chi connectivity index (χ3n) is 4.81. The average Bonchev–Trinajstić information content (AvgIpc) is 3.33. The highest BCUT2D eigenvalue weighted by atomic mass is 127. The Kier molecular flexibility index (Phi) is 4.47. The lowest BCUT2D eigenvalue weighted by molar-refractivity contribution is 0.639. The number of halogens is 2. The first-order valence-corrected chi connectivity index (χ1v) is 10.7. The van der Waals surface area contributed by atoms with Crippen LogP contribution in [-0.4, -0.2) is 25.6 Å². The van der Waals surface area contributed by atoms with Gasteiger partial charge in [0.15, 0.2) is 11.6 Å². The van der Waals surface area contributed by atoms with Crippen LogP contribution in [0.15, 0.2) is 57.8 Å². The molecule has 8 heteroatoms. The van der Waals surface area contributed by atoms with Crippen LogP contribution < -0.4 is 11.0 Å². The van der Waals surface area contributed by atoms with E-state index in [1.165, 1.54) is 0 Å². The molecule has 2 aromatic rings. The van der Waals surface area contributed by atoms with Crippen LogP contribution in [0.25, 0.3) is 22.9 Å². The predicted molar refractivity (Wildman–Crippen MR) is 121 cm³/mol. The van der Waals surface area contributed by atoms with Crippen molar-refractivity contribution in [2.24, 2.45) is 0 Å². The van der Waals surface area contributed by atoms with E-state index < -0.39 is 0 Å². The summed E-state index contributed by atoms with van der Waals surface area (Å²) in [7, 11) is 0. The SMILES string of the molecule is O=c1n(Cc2cccc(I)c2)c2nc(-c3ccc(Br)cc3)nc-2c2n1CCN2. The van der Waals surface area contributed by atoms with Gasteiger partial charge in [0.25, 0.3) is 0 Å². The largest absolute Gasteiger partial charge is 0.368 e. The Labute approximate surface area is 183 Å². The molecule has 0 aromatic heterocycles. The average molecular weight is 548 g/mol. The van der Waals surface area contributed by atoms with Crippen molar-refractivity contribution in [3.63, 3.8) is 0 Å². The maximum absolute atomic E-state index is 13.2. The molecule has 3 aliphatic rings. The number of nitrogens with zero attached hydrogens (tertiary/aromatic N) is 4. The van der Waals surface area contributed by atoms with E-state index in [1.807, 2.05) is 42.5 Å². The van der Waals surface area contributed by atoms with Gasteiger partial charge >= 0.3 is 5.69 Å². The Bertz CT molecular complexity index is 1210. The van der Waals surface area contributed by atoms with Gasteiger partial charge in [0.2, 0.25) is 0 Å². The van der Waals surface area contributed by atoms with Crippen LogP contribution in [0.3, 0.4) is 0 Å². The van der Waals surface area contributed by atoms with Gasteiger partial charge in [0, 0.05) is 26.7 Å². The van der Waals surface area contributed by atoms with E-state index in [1.54, 1.807) is 9.13 Å². The minimum absolute atomic E-state index is 0.0615.